The second-order valence-electron chi connectivity index (χ2n) is 6.38. The van der Waals surface area contributed by atoms with Crippen LogP contribution in [0.2, 0.25) is 0 Å². The summed E-state index contributed by atoms with van der Waals surface area (Å²) in [4.78, 5) is 7.09. The molecule has 1 saturated carbocycles. The molecule has 0 spiro atoms. The zero-order valence-corrected chi connectivity index (χ0v) is 13.9. The highest BCUT2D eigenvalue weighted by atomic mass is 15.2. The van der Waals surface area contributed by atoms with Gasteiger partial charge >= 0.3 is 0 Å². The Labute approximate surface area is 130 Å². The molecule has 1 aromatic heterocycles. The molecular formula is C18H31N3. The molecule has 1 N–H and O–H groups in total. The van der Waals surface area contributed by atoms with E-state index in [9.17, 15) is 0 Å². The predicted molar refractivity (Wildman–Crippen MR) is 90.8 cm³/mol. The largest absolute Gasteiger partial charge is 0.357 e. The second kappa shape index (κ2) is 8.38. The lowest BCUT2D eigenvalue weighted by Gasteiger charge is -2.28. The van der Waals surface area contributed by atoms with E-state index in [0.29, 0.717) is 12.1 Å². The molecule has 1 aliphatic rings. The molecular weight excluding hydrogens is 258 g/mol. The maximum Gasteiger partial charge on any atom is 0.128 e. The van der Waals surface area contributed by atoms with Gasteiger partial charge in [0.2, 0.25) is 0 Å². The van der Waals surface area contributed by atoms with E-state index in [-0.39, 0.29) is 0 Å². The zero-order valence-electron chi connectivity index (χ0n) is 13.9. The number of hydrogen-bond donors (Lipinski definition) is 1. The van der Waals surface area contributed by atoms with Crippen LogP contribution in [0.4, 0.5) is 5.82 Å². The highest BCUT2D eigenvalue weighted by Crippen LogP contribution is 2.25. The van der Waals surface area contributed by atoms with Gasteiger partial charge in [0.15, 0.2) is 0 Å². The third-order valence-corrected chi connectivity index (χ3v) is 4.71. The van der Waals surface area contributed by atoms with Gasteiger partial charge in [-0.15, -0.1) is 0 Å². The molecule has 2 rings (SSSR count). The Morgan fingerprint density at radius 3 is 2.52 bits per heavy atom. The Morgan fingerprint density at radius 2 is 1.95 bits per heavy atom. The van der Waals surface area contributed by atoms with Crippen LogP contribution in [0.25, 0.3) is 0 Å². The smallest absolute Gasteiger partial charge is 0.128 e. The topological polar surface area (TPSA) is 28.2 Å². The fraction of sp³-hybridized carbons (Fsp3) is 0.722. The molecule has 1 unspecified atom stereocenters. The fourth-order valence-corrected chi connectivity index (χ4v) is 3.17. The van der Waals surface area contributed by atoms with Gasteiger partial charge in [-0.3, -0.25) is 0 Å². The van der Waals surface area contributed by atoms with E-state index in [4.69, 9.17) is 4.98 Å². The zero-order chi connectivity index (χ0) is 15.1. The van der Waals surface area contributed by atoms with Gasteiger partial charge in [-0.2, -0.15) is 0 Å². The predicted octanol–water partition coefficient (Wildman–Crippen LogP) is 4.30. The summed E-state index contributed by atoms with van der Waals surface area (Å²) in [5.74, 6) is 1.12. The van der Waals surface area contributed by atoms with Crippen molar-refractivity contribution < 1.29 is 0 Å². The van der Waals surface area contributed by atoms with E-state index in [0.717, 1.165) is 12.4 Å². The molecule has 118 valence electrons. The minimum absolute atomic E-state index is 0.384. The van der Waals surface area contributed by atoms with Gasteiger partial charge < -0.3 is 10.2 Å². The maximum atomic E-state index is 4.70. The van der Waals surface area contributed by atoms with Crippen LogP contribution in [0.1, 0.15) is 70.4 Å². The average molecular weight is 289 g/mol. The van der Waals surface area contributed by atoms with Gasteiger partial charge in [-0.05, 0) is 44.4 Å². The van der Waals surface area contributed by atoms with E-state index in [1.54, 1.807) is 0 Å². The minimum Gasteiger partial charge on any atom is -0.357 e. The van der Waals surface area contributed by atoms with E-state index in [1.165, 1.54) is 50.5 Å². The summed E-state index contributed by atoms with van der Waals surface area (Å²) in [5.41, 5.74) is 1.28. The number of anilines is 1. The fourth-order valence-electron chi connectivity index (χ4n) is 3.17. The summed E-state index contributed by atoms with van der Waals surface area (Å²) in [6.45, 7) is 5.47. The highest BCUT2D eigenvalue weighted by molar-refractivity contribution is 5.40. The lowest BCUT2D eigenvalue weighted by molar-refractivity contribution is 0.547. The van der Waals surface area contributed by atoms with Crippen molar-refractivity contribution in [1.82, 2.24) is 10.3 Å². The summed E-state index contributed by atoms with van der Waals surface area (Å²) < 4.78 is 0. The van der Waals surface area contributed by atoms with E-state index >= 15 is 0 Å². The molecule has 0 bridgehead atoms. The van der Waals surface area contributed by atoms with Gasteiger partial charge in [0.1, 0.15) is 5.82 Å². The van der Waals surface area contributed by atoms with Crippen LogP contribution in [-0.4, -0.2) is 24.6 Å². The van der Waals surface area contributed by atoms with Gasteiger partial charge in [0, 0.05) is 25.3 Å². The maximum absolute atomic E-state index is 4.70. The summed E-state index contributed by atoms with van der Waals surface area (Å²) in [6.07, 6.45) is 11.4. The molecule has 0 radical (unpaired) electrons. The molecule has 1 aromatic rings. The standard InChI is InChI=1S/C18H31N3/c1-4-13-19-15(2)16-11-12-18(20-14-16)21(3)17-9-7-5-6-8-10-17/h11-12,14-15,17,19H,4-10,13H2,1-3H3. The van der Waals surface area contributed by atoms with Gasteiger partial charge in [0.25, 0.3) is 0 Å². The summed E-state index contributed by atoms with van der Waals surface area (Å²) in [5, 5.41) is 3.52. The summed E-state index contributed by atoms with van der Waals surface area (Å²) >= 11 is 0. The molecule has 1 atom stereocenters. The molecule has 1 aliphatic carbocycles. The van der Waals surface area contributed by atoms with Crippen LogP contribution >= 0.6 is 0 Å². The van der Waals surface area contributed by atoms with E-state index in [2.05, 4.69) is 43.2 Å². The van der Waals surface area contributed by atoms with Crippen molar-refractivity contribution in [2.24, 2.45) is 0 Å². The molecule has 21 heavy (non-hydrogen) atoms. The summed E-state index contributed by atoms with van der Waals surface area (Å²) in [7, 11) is 2.21. The Hall–Kier alpha value is -1.09. The first-order valence-corrected chi connectivity index (χ1v) is 8.64. The molecule has 1 fully saturated rings. The lowest BCUT2D eigenvalue weighted by atomic mass is 10.1. The van der Waals surface area contributed by atoms with Gasteiger partial charge in [-0.1, -0.05) is 38.7 Å². The molecule has 0 aliphatic heterocycles. The Kier molecular flexibility index (Phi) is 6.50. The molecule has 3 nitrogen and oxygen atoms in total. The average Bonchev–Trinajstić information content (AvgIpc) is 2.81. The highest BCUT2D eigenvalue weighted by Gasteiger charge is 2.18. The first-order valence-electron chi connectivity index (χ1n) is 8.64. The monoisotopic (exact) mass is 289 g/mol. The number of nitrogens with one attached hydrogen (secondary N) is 1. The number of nitrogens with zero attached hydrogens (tertiary/aromatic N) is 2. The van der Waals surface area contributed by atoms with Crippen molar-refractivity contribution in [3.05, 3.63) is 23.9 Å². The third-order valence-electron chi connectivity index (χ3n) is 4.71. The number of aromatic nitrogens is 1. The van der Waals surface area contributed by atoms with Gasteiger partial charge in [0.05, 0.1) is 0 Å². The van der Waals surface area contributed by atoms with Crippen molar-refractivity contribution in [2.75, 3.05) is 18.5 Å². The van der Waals surface area contributed by atoms with Crippen LogP contribution in [0.5, 0.6) is 0 Å². The Morgan fingerprint density at radius 1 is 1.24 bits per heavy atom. The normalized spacial score (nSPS) is 18.2. The number of rotatable bonds is 6. The quantitative estimate of drug-likeness (QED) is 0.791. The van der Waals surface area contributed by atoms with Crippen molar-refractivity contribution in [3.63, 3.8) is 0 Å². The molecule has 3 heteroatoms. The van der Waals surface area contributed by atoms with Crippen molar-refractivity contribution >= 4 is 5.82 Å². The Balaban J connectivity index is 1.97. The van der Waals surface area contributed by atoms with E-state index in [1.807, 2.05) is 6.20 Å². The number of pyridine rings is 1. The first kappa shape index (κ1) is 16.3. The van der Waals surface area contributed by atoms with Crippen molar-refractivity contribution in [1.29, 1.82) is 0 Å². The lowest BCUT2D eigenvalue weighted by Crippen LogP contribution is -2.31. The second-order valence-corrected chi connectivity index (χ2v) is 6.38. The van der Waals surface area contributed by atoms with Crippen LogP contribution in [-0.2, 0) is 0 Å². The van der Waals surface area contributed by atoms with Crippen LogP contribution < -0.4 is 10.2 Å². The minimum atomic E-state index is 0.384. The van der Waals surface area contributed by atoms with E-state index < -0.39 is 0 Å². The van der Waals surface area contributed by atoms with Gasteiger partial charge in [-0.25, -0.2) is 4.98 Å². The van der Waals surface area contributed by atoms with Crippen molar-refractivity contribution in [3.8, 4) is 0 Å². The van der Waals surface area contributed by atoms with Crippen LogP contribution in [0.15, 0.2) is 18.3 Å². The molecule has 0 saturated heterocycles. The van der Waals surface area contributed by atoms with Crippen molar-refractivity contribution in [2.45, 2.75) is 70.9 Å². The molecule has 0 aromatic carbocycles. The Bertz CT molecular complexity index is 393. The summed E-state index contributed by atoms with van der Waals surface area (Å²) in [6, 6.07) is 5.46. The molecule has 1 heterocycles. The van der Waals surface area contributed by atoms with Crippen LogP contribution in [0, 0.1) is 0 Å². The number of hydrogen-bond acceptors (Lipinski definition) is 3. The van der Waals surface area contributed by atoms with Crippen LogP contribution in [0.3, 0.4) is 0 Å². The third kappa shape index (κ3) is 4.70. The SMILES string of the molecule is CCCNC(C)c1ccc(N(C)C2CCCCCC2)nc1. The molecule has 0 amide bonds. The first-order chi connectivity index (χ1) is 10.2.